The number of hydrogen-bond donors (Lipinski definition) is 2. The van der Waals surface area contributed by atoms with Crippen LogP contribution >= 0.6 is 0 Å². The quantitative estimate of drug-likeness (QED) is 0.804. The molecule has 2 aromatic carbocycles. The molecule has 1 heterocycles. The van der Waals surface area contributed by atoms with Crippen molar-refractivity contribution in [3.05, 3.63) is 71.8 Å². The topological polar surface area (TPSA) is 66.6 Å². The minimum Gasteiger partial charge on any atom is -0.387 e. The first kappa shape index (κ1) is 18.6. The molecule has 1 amide bonds. The maximum atomic E-state index is 12.2. The van der Waals surface area contributed by atoms with Crippen molar-refractivity contribution < 1.29 is 9.90 Å². The summed E-state index contributed by atoms with van der Waals surface area (Å²) in [7, 11) is 0. The molecule has 0 spiro atoms. The third-order valence-corrected chi connectivity index (χ3v) is 5.39. The maximum Gasteiger partial charge on any atom is 0.225 e. The Morgan fingerprint density at radius 3 is 2.00 bits per heavy atom. The fraction of sp³-hybridized carbons (Fsp3) is 0.409. The molecule has 0 radical (unpaired) electrons. The van der Waals surface area contributed by atoms with Crippen LogP contribution in [-0.2, 0) is 4.79 Å². The van der Waals surface area contributed by atoms with Gasteiger partial charge in [-0.2, -0.15) is 0 Å². The van der Waals surface area contributed by atoms with E-state index in [0.29, 0.717) is 6.42 Å². The molecular formula is C22H28N2O2. The number of carbonyl (C=O) groups excluding carboxylic acids is 1. The summed E-state index contributed by atoms with van der Waals surface area (Å²) in [5, 5.41) is 11.1. The summed E-state index contributed by atoms with van der Waals surface area (Å²) in [6.45, 7) is 1.91. The van der Waals surface area contributed by atoms with Crippen molar-refractivity contribution in [2.45, 2.75) is 43.7 Å². The van der Waals surface area contributed by atoms with Crippen LogP contribution < -0.4 is 5.73 Å². The van der Waals surface area contributed by atoms with Crippen LogP contribution in [0.15, 0.2) is 60.7 Å². The fourth-order valence-corrected chi connectivity index (χ4v) is 3.94. The van der Waals surface area contributed by atoms with Crippen molar-refractivity contribution >= 4 is 5.91 Å². The van der Waals surface area contributed by atoms with E-state index in [2.05, 4.69) is 4.90 Å². The van der Waals surface area contributed by atoms with Crippen molar-refractivity contribution in [2.24, 2.45) is 5.73 Å². The zero-order valence-electron chi connectivity index (χ0n) is 15.1. The highest BCUT2D eigenvalue weighted by molar-refractivity contribution is 5.82. The van der Waals surface area contributed by atoms with Crippen LogP contribution in [0.4, 0.5) is 0 Å². The summed E-state index contributed by atoms with van der Waals surface area (Å²) < 4.78 is 0. The second-order valence-electron chi connectivity index (χ2n) is 7.12. The van der Waals surface area contributed by atoms with Crippen molar-refractivity contribution in [1.29, 1.82) is 0 Å². The minimum atomic E-state index is -0.639. The molecule has 1 aliphatic rings. The molecule has 0 aromatic heterocycles. The maximum absolute atomic E-state index is 12.2. The Balaban J connectivity index is 1.87. The number of rotatable bonds is 7. The van der Waals surface area contributed by atoms with Gasteiger partial charge in [0.05, 0.1) is 12.0 Å². The summed E-state index contributed by atoms with van der Waals surface area (Å²) >= 11 is 0. The van der Waals surface area contributed by atoms with Crippen LogP contribution in [0.25, 0.3) is 0 Å². The molecule has 3 rings (SSSR count). The van der Waals surface area contributed by atoms with Gasteiger partial charge in [0.2, 0.25) is 5.91 Å². The number of carbonyl (C=O) groups is 1. The zero-order valence-corrected chi connectivity index (χ0v) is 15.1. The lowest BCUT2D eigenvalue weighted by Crippen LogP contribution is -2.44. The standard InChI is InChI=1S/C22H28N2O2/c23-22(26)19(17-10-4-1-5-11-17)16-20(24-14-8-3-9-15-24)21(25)18-12-6-2-7-13-18/h1-2,4-7,10-13,19-21,25H,3,8-9,14-16H2,(H2,23,26). The molecule has 138 valence electrons. The molecule has 3 atom stereocenters. The Morgan fingerprint density at radius 2 is 1.46 bits per heavy atom. The van der Waals surface area contributed by atoms with Gasteiger partial charge in [0.15, 0.2) is 0 Å². The number of nitrogens with zero attached hydrogens (tertiary/aromatic N) is 1. The van der Waals surface area contributed by atoms with E-state index in [-0.39, 0.29) is 11.9 Å². The average Bonchev–Trinajstić information content (AvgIpc) is 2.70. The van der Waals surface area contributed by atoms with Crippen molar-refractivity contribution in [3.8, 4) is 0 Å². The first-order chi connectivity index (χ1) is 12.7. The fourth-order valence-electron chi connectivity index (χ4n) is 3.94. The van der Waals surface area contributed by atoms with Crippen molar-refractivity contribution in [2.75, 3.05) is 13.1 Å². The van der Waals surface area contributed by atoms with Gasteiger partial charge in [-0.3, -0.25) is 9.69 Å². The smallest absolute Gasteiger partial charge is 0.225 e. The predicted molar refractivity (Wildman–Crippen MR) is 104 cm³/mol. The van der Waals surface area contributed by atoms with Crippen molar-refractivity contribution in [1.82, 2.24) is 4.90 Å². The molecule has 1 fully saturated rings. The molecule has 1 saturated heterocycles. The van der Waals surface area contributed by atoms with E-state index >= 15 is 0 Å². The van der Waals surface area contributed by atoms with Crippen LogP contribution in [0, 0.1) is 0 Å². The Morgan fingerprint density at radius 1 is 0.923 bits per heavy atom. The van der Waals surface area contributed by atoms with Gasteiger partial charge in [0.25, 0.3) is 0 Å². The Labute approximate surface area is 155 Å². The molecule has 0 aliphatic carbocycles. The Kier molecular flexibility index (Phi) is 6.42. The normalized spacial score (nSPS) is 18.8. The Hall–Kier alpha value is -2.17. The van der Waals surface area contributed by atoms with Gasteiger partial charge in [-0.15, -0.1) is 0 Å². The van der Waals surface area contributed by atoms with Crippen LogP contribution in [0.5, 0.6) is 0 Å². The molecule has 3 unspecified atom stereocenters. The summed E-state index contributed by atoms with van der Waals surface area (Å²) in [4.78, 5) is 14.5. The van der Waals surface area contributed by atoms with E-state index in [0.717, 1.165) is 37.1 Å². The third kappa shape index (κ3) is 4.51. The zero-order chi connectivity index (χ0) is 18.4. The monoisotopic (exact) mass is 352 g/mol. The van der Waals surface area contributed by atoms with Crippen LogP contribution in [-0.4, -0.2) is 35.0 Å². The first-order valence-corrected chi connectivity index (χ1v) is 9.48. The summed E-state index contributed by atoms with van der Waals surface area (Å²) in [6, 6.07) is 19.3. The number of amides is 1. The molecule has 26 heavy (non-hydrogen) atoms. The number of hydrogen-bond acceptors (Lipinski definition) is 3. The number of piperidine rings is 1. The van der Waals surface area contributed by atoms with E-state index in [1.165, 1.54) is 6.42 Å². The summed E-state index contributed by atoms with van der Waals surface area (Å²) in [5.74, 6) is -0.736. The third-order valence-electron chi connectivity index (χ3n) is 5.39. The first-order valence-electron chi connectivity index (χ1n) is 9.48. The highest BCUT2D eigenvalue weighted by Gasteiger charge is 2.33. The molecule has 4 heteroatoms. The lowest BCUT2D eigenvalue weighted by Gasteiger charge is -2.39. The molecular weight excluding hydrogens is 324 g/mol. The lowest BCUT2D eigenvalue weighted by molar-refractivity contribution is -0.120. The predicted octanol–water partition coefficient (Wildman–Crippen LogP) is 3.23. The van der Waals surface area contributed by atoms with E-state index in [1.807, 2.05) is 60.7 Å². The van der Waals surface area contributed by atoms with Crippen LogP contribution in [0.3, 0.4) is 0 Å². The van der Waals surface area contributed by atoms with Crippen LogP contribution in [0.1, 0.15) is 48.8 Å². The lowest BCUT2D eigenvalue weighted by atomic mass is 9.86. The average molecular weight is 352 g/mol. The van der Waals surface area contributed by atoms with E-state index < -0.39 is 12.0 Å². The highest BCUT2D eigenvalue weighted by atomic mass is 16.3. The SMILES string of the molecule is NC(=O)C(CC(C(O)c1ccccc1)N1CCCCC1)c1ccccc1. The van der Waals surface area contributed by atoms with Gasteiger partial charge in [-0.25, -0.2) is 0 Å². The van der Waals surface area contributed by atoms with Crippen LogP contribution in [0.2, 0.25) is 0 Å². The molecule has 1 aliphatic heterocycles. The van der Waals surface area contributed by atoms with Gasteiger partial charge in [0, 0.05) is 6.04 Å². The minimum absolute atomic E-state index is 0.129. The second kappa shape index (κ2) is 8.97. The molecule has 4 nitrogen and oxygen atoms in total. The molecule has 0 bridgehead atoms. The van der Waals surface area contributed by atoms with Gasteiger partial charge >= 0.3 is 0 Å². The molecule has 0 saturated carbocycles. The number of likely N-dealkylation sites (tertiary alicyclic amines) is 1. The number of aliphatic hydroxyl groups excluding tert-OH is 1. The van der Waals surface area contributed by atoms with Gasteiger partial charge in [-0.1, -0.05) is 67.1 Å². The van der Waals surface area contributed by atoms with E-state index in [9.17, 15) is 9.90 Å². The Bertz CT molecular complexity index is 684. The number of nitrogens with two attached hydrogens (primary N) is 1. The van der Waals surface area contributed by atoms with Gasteiger partial charge < -0.3 is 10.8 Å². The summed E-state index contributed by atoms with van der Waals surface area (Å²) in [6.07, 6.45) is 3.37. The highest BCUT2D eigenvalue weighted by Crippen LogP contribution is 2.32. The van der Waals surface area contributed by atoms with Gasteiger partial charge in [-0.05, 0) is 43.5 Å². The largest absolute Gasteiger partial charge is 0.387 e. The van der Waals surface area contributed by atoms with Crippen molar-refractivity contribution in [3.63, 3.8) is 0 Å². The number of benzene rings is 2. The summed E-state index contributed by atoms with van der Waals surface area (Å²) in [5.41, 5.74) is 7.55. The number of primary amides is 1. The molecule has 2 aromatic rings. The number of aliphatic hydroxyl groups is 1. The molecule has 3 N–H and O–H groups in total. The van der Waals surface area contributed by atoms with E-state index in [1.54, 1.807) is 0 Å². The second-order valence-corrected chi connectivity index (χ2v) is 7.12. The van der Waals surface area contributed by atoms with E-state index in [4.69, 9.17) is 5.73 Å². The van der Waals surface area contributed by atoms with Gasteiger partial charge in [0.1, 0.15) is 0 Å².